The molecular weight excluding hydrogens is 358 g/mol. The molecule has 6 heteroatoms. The number of benzene rings is 1. The molecule has 0 bridgehead atoms. The molecule has 0 fully saturated rings. The van der Waals surface area contributed by atoms with Crippen LogP contribution in [0.1, 0.15) is 41.7 Å². The molecule has 6 nitrogen and oxygen atoms in total. The maximum Gasteiger partial charge on any atom is 0.340 e. The standard InChI is InChI=1S/C22H25NO5/c1-13-15-10-17-14-6-3-4-7-18(14)27-20(17)12-19(15)28-22(25)16(13)11-21(24)23-8-5-9-26-2/h10,12H,3-9,11H2,1-2H3,(H,23,24). The van der Waals surface area contributed by atoms with E-state index in [1.54, 1.807) is 7.11 Å². The number of carbonyl (C=O) groups is 1. The minimum absolute atomic E-state index is 0.0125. The summed E-state index contributed by atoms with van der Waals surface area (Å²) in [5, 5.41) is 4.78. The van der Waals surface area contributed by atoms with Crippen LogP contribution in [-0.2, 0) is 28.8 Å². The molecule has 0 saturated carbocycles. The molecule has 2 aromatic heterocycles. The average molecular weight is 383 g/mol. The molecule has 1 aliphatic carbocycles. The Labute approximate surface area is 162 Å². The number of carbonyl (C=O) groups excluding carboxylic acids is 1. The van der Waals surface area contributed by atoms with Crippen molar-refractivity contribution in [3.05, 3.63) is 45.0 Å². The molecule has 1 N–H and O–H groups in total. The van der Waals surface area contributed by atoms with Gasteiger partial charge in [0.1, 0.15) is 16.9 Å². The highest BCUT2D eigenvalue weighted by atomic mass is 16.5. The van der Waals surface area contributed by atoms with E-state index >= 15 is 0 Å². The molecule has 0 spiro atoms. The van der Waals surface area contributed by atoms with Gasteiger partial charge in [0, 0.05) is 49.1 Å². The van der Waals surface area contributed by atoms with Gasteiger partial charge in [0.25, 0.3) is 0 Å². The number of ether oxygens (including phenoxy) is 1. The van der Waals surface area contributed by atoms with Gasteiger partial charge in [-0.1, -0.05) is 0 Å². The summed E-state index contributed by atoms with van der Waals surface area (Å²) in [6, 6.07) is 3.86. The minimum atomic E-state index is -0.465. The average Bonchev–Trinajstić information content (AvgIpc) is 3.05. The number of hydrogen-bond acceptors (Lipinski definition) is 5. The third-order valence-corrected chi connectivity index (χ3v) is 5.55. The Morgan fingerprint density at radius 1 is 1.14 bits per heavy atom. The first kappa shape index (κ1) is 18.7. The summed E-state index contributed by atoms with van der Waals surface area (Å²) in [7, 11) is 1.62. The summed E-state index contributed by atoms with van der Waals surface area (Å²) in [4.78, 5) is 24.7. The molecule has 0 radical (unpaired) electrons. The van der Waals surface area contributed by atoms with Gasteiger partial charge in [-0.3, -0.25) is 4.79 Å². The van der Waals surface area contributed by atoms with Crippen LogP contribution in [0.15, 0.2) is 25.8 Å². The van der Waals surface area contributed by atoms with Crippen molar-refractivity contribution in [3.63, 3.8) is 0 Å². The van der Waals surface area contributed by atoms with Gasteiger partial charge in [-0.2, -0.15) is 0 Å². The highest BCUT2D eigenvalue weighted by Gasteiger charge is 2.21. The van der Waals surface area contributed by atoms with E-state index in [1.807, 2.05) is 13.0 Å². The van der Waals surface area contributed by atoms with Crippen molar-refractivity contribution in [1.29, 1.82) is 0 Å². The zero-order valence-corrected chi connectivity index (χ0v) is 16.4. The van der Waals surface area contributed by atoms with Crippen LogP contribution in [0.4, 0.5) is 0 Å². The number of furan rings is 1. The van der Waals surface area contributed by atoms with Crippen molar-refractivity contribution in [3.8, 4) is 0 Å². The SMILES string of the molecule is COCCCNC(=O)Cc1c(C)c2cc3c4c(oc3cc2oc1=O)CCCC4. The van der Waals surface area contributed by atoms with Gasteiger partial charge in [-0.05, 0) is 44.2 Å². The van der Waals surface area contributed by atoms with Crippen LogP contribution < -0.4 is 10.9 Å². The Balaban J connectivity index is 1.69. The fourth-order valence-electron chi connectivity index (χ4n) is 4.02. The molecule has 3 aromatic rings. The Morgan fingerprint density at radius 3 is 2.75 bits per heavy atom. The molecule has 0 unspecified atom stereocenters. The summed E-state index contributed by atoms with van der Waals surface area (Å²) < 4.78 is 16.5. The highest BCUT2D eigenvalue weighted by molar-refractivity contribution is 5.97. The second kappa shape index (κ2) is 7.80. The number of amides is 1. The fraction of sp³-hybridized carbons (Fsp3) is 0.455. The lowest BCUT2D eigenvalue weighted by molar-refractivity contribution is -0.120. The second-order valence-corrected chi connectivity index (χ2v) is 7.42. The molecule has 0 atom stereocenters. The lowest BCUT2D eigenvalue weighted by Crippen LogP contribution is -2.29. The van der Waals surface area contributed by atoms with E-state index in [2.05, 4.69) is 11.4 Å². The number of rotatable bonds is 6. The van der Waals surface area contributed by atoms with Crippen LogP contribution in [0, 0.1) is 6.92 Å². The van der Waals surface area contributed by atoms with Gasteiger partial charge >= 0.3 is 5.63 Å². The van der Waals surface area contributed by atoms with Crippen LogP contribution in [0.5, 0.6) is 0 Å². The topological polar surface area (TPSA) is 81.7 Å². The minimum Gasteiger partial charge on any atom is -0.461 e. The summed E-state index contributed by atoms with van der Waals surface area (Å²) >= 11 is 0. The molecule has 0 aliphatic heterocycles. The van der Waals surface area contributed by atoms with Crippen molar-refractivity contribution >= 4 is 27.8 Å². The lowest BCUT2D eigenvalue weighted by atomic mass is 9.94. The van der Waals surface area contributed by atoms with Crippen LogP contribution >= 0.6 is 0 Å². The smallest absolute Gasteiger partial charge is 0.340 e. The number of methoxy groups -OCH3 is 1. The predicted octanol–water partition coefficient (Wildman–Crippen LogP) is 3.42. The molecular formula is C22H25NO5. The first-order valence-corrected chi connectivity index (χ1v) is 9.84. The lowest BCUT2D eigenvalue weighted by Gasteiger charge is -2.10. The van der Waals surface area contributed by atoms with Gasteiger partial charge in [0.2, 0.25) is 5.91 Å². The Hall–Kier alpha value is -2.60. The maximum absolute atomic E-state index is 12.5. The van der Waals surface area contributed by atoms with Crippen molar-refractivity contribution in [2.45, 2.75) is 45.4 Å². The molecule has 0 saturated heterocycles. The zero-order chi connectivity index (χ0) is 19.7. The summed E-state index contributed by atoms with van der Waals surface area (Å²) in [5.74, 6) is 0.861. The van der Waals surface area contributed by atoms with Crippen LogP contribution in [0.25, 0.3) is 21.9 Å². The highest BCUT2D eigenvalue weighted by Crippen LogP contribution is 2.35. The number of aryl methyl sites for hydroxylation is 3. The van der Waals surface area contributed by atoms with E-state index in [0.29, 0.717) is 24.3 Å². The van der Waals surface area contributed by atoms with Crippen molar-refractivity contribution < 1.29 is 18.4 Å². The molecule has 28 heavy (non-hydrogen) atoms. The third kappa shape index (κ3) is 3.44. The number of nitrogens with one attached hydrogen (secondary N) is 1. The van der Waals surface area contributed by atoms with E-state index in [9.17, 15) is 9.59 Å². The number of hydrogen-bond donors (Lipinski definition) is 1. The van der Waals surface area contributed by atoms with Gasteiger partial charge in [-0.25, -0.2) is 4.79 Å². The van der Waals surface area contributed by atoms with E-state index in [-0.39, 0.29) is 12.3 Å². The van der Waals surface area contributed by atoms with Crippen molar-refractivity contribution in [2.75, 3.05) is 20.3 Å². The maximum atomic E-state index is 12.5. The Bertz CT molecular complexity index is 1090. The first-order chi connectivity index (χ1) is 13.6. The molecule has 1 aromatic carbocycles. The van der Waals surface area contributed by atoms with E-state index < -0.39 is 5.63 Å². The molecule has 4 rings (SSSR count). The quantitative estimate of drug-likeness (QED) is 0.521. The van der Waals surface area contributed by atoms with Crippen LogP contribution in [-0.4, -0.2) is 26.2 Å². The zero-order valence-electron chi connectivity index (χ0n) is 16.4. The summed E-state index contributed by atoms with van der Waals surface area (Å²) in [5.41, 5.74) is 3.29. The van der Waals surface area contributed by atoms with E-state index in [0.717, 1.165) is 59.8 Å². The first-order valence-electron chi connectivity index (χ1n) is 9.84. The number of fused-ring (bicyclic) bond motifs is 4. The molecule has 148 valence electrons. The molecule has 1 amide bonds. The predicted molar refractivity (Wildman–Crippen MR) is 107 cm³/mol. The van der Waals surface area contributed by atoms with E-state index in [4.69, 9.17) is 13.6 Å². The normalized spacial score (nSPS) is 13.8. The third-order valence-electron chi connectivity index (χ3n) is 5.55. The van der Waals surface area contributed by atoms with Crippen LogP contribution in [0.2, 0.25) is 0 Å². The van der Waals surface area contributed by atoms with Crippen molar-refractivity contribution in [1.82, 2.24) is 5.32 Å². The van der Waals surface area contributed by atoms with Crippen molar-refractivity contribution in [2.24, 2.45) is 0 Å². The largest absolute Gasteiger partial charge is 0.461 e. The van der Waals surface area contributed by atoms with Gasteiger partial charge in [0.05, 0.1) is 12.0 Å². The molecule has 2 heterocycles. The monoisotopic (exact) mass is 383 g/mol. The summed E-state index contributed by atoms with van der Waals surface area (Å²) in [6.45, 7) is 2.99. The van der Waals surface area contributed by atoms with Gasteiger partial charge in [-0.15, -0.1) is 0 Å². The summed E-state index contributed by atoms with van der Waals surface area (Å²) in [6.07, 6.45) is 5.02. The van der Waals surface area contributed by atoms with E-state index in [1.165, 1.54) is 5.56 Å². The molecule has 1 aliphatic rings. The second-order valence-electron chi connectivity index (χ2n) is 7.42. The Kier molecular flexibility index (Phi) is 5.22. The van der Waals surface area contributed by atoms with Crippen LogP contribution in [0.3, 0.4) is 0 Å². The van der Waals surface area contributed by atoms with Gasteiger partial charge in [0.15, 0.2) is 0 Å². The Morgan fingerprint density at radius 2 is 1.93 bits per heavy atom. The van der Waals surface area contributed by atoms with Gasteiger partial charge < -0.3 is 18.9 Å². The fourth-order valence-corrected chi connectivity index (χ4v) is 4.02.